The molecule has 0 fully saturated rings. The van der Waals surface area contributed by atoms with Crippen molar-refractivity contribution >= 4 is 21.8 Å². The minimum atomic E-state index is -0.474. The molecule has 98 valence electrons. The molecule has 1 amide bonds. The zero-order valence-corrected chi connectivity index (χ0v) is 11.6. The topological polar surface area (TPSA) is 72.6 Å². The predicted molar refractivity (Wildman–Crippen MR) is 75.1 cm³/mol. The maximum atomic E-state index is 10.9. The molecule has 0 atom stereocenters. The van der Waals surface area contributed by atoms with Crippen LogP contribution in [0.25, 0.3) is 0 Å². The van der Waals surface area contributed by atoms with Gasteiger partial charge < -0.3 is 15.6 Å². The number of hydrogen-bond donors (Lipinski definition) is 2. The highest BCUT2D eigenvalue weighted by atomic mass is 79.9. The lowest BCUT2D eigenvalue weighted by atomic mass is 10.2. The number of hydrogen-bond acceptors (Lipinski definition) is 3. The molecule has 0 aromatic heterocycles. The molecule has 0 saturated carbocycles. The van der Waals surface area contributed by atoms with Gasteiger partial charge in [-0.05, 0) is 48.0 Å². The Morgan fingerprint density at radius 3 is 2.37 bits per heavy atom. The number of carbonyl (C=O) groups is 1. The van der Waals surface area contributed by atoms with Crippen molar-refractivity contribution in [1.29, 1.82) is 0 Å². The zero-order chi connectivity index (χ0) is 13.8. The number of primary amides is 1. The van der Waals surface area contributed by atoms with Crippen molar-refractivity contribution < 1.29 is 14.6 Å². The van der Waals surface area contributed by atoms with E-state index in [0.29, 0.717) is 17.1 Å². The smallest absolute Gasteiger partial charge is 0.248 e. The summed E-state index contributed by atoms with van der Waals surface area (Å²) in [6.07, 6.45) is 0. The second-order valence-electron chi connectivity index (χ2n) is 3.90. The Morgan fingerprint density at radius 1 is 1.16 bits per heavy atom. The third-order valence-electron chi connectivity index (χ3n) is 2.56. The van der Waals surface area contributed by atoms with Gasteiger partial charge in [0.2, 0.25) is 5.91 Å². The van der Waals surface area contributed by atoms with Gasteiger partial charge in [-0.15, -0.1) is 0 Å². The molecule has 5 heteroatoms. The predicted octanol–water partition coefficient (Wildman–Crippen LogP) is 2.83. The summed E-state index contributed by atoms with van der Waals surface area (Å²) in [5.74, 6) is 0.730. The van der Waals surface area contributed by atoms with Gasteiger partial charge in [0.05, 0.1) is 6.61 Å². The van der Waals surface area contributed by atoms with Gasteiger partial charge in [-0.2, -0.15) is 0 Å². The minimum absolute atomic E-state index is 0.0710. The molecule has 2 aromatic rings. The number of amides is 1. The Hall–Kier alpha value is -1.85. The van der Waals surface area contributed by atoms with Crippen LogP contribution in [0.3, 0.4) is 0 Å². The molecule has 4 nitrogen and oxygen atoms in total. The molecule has 0 aliphatic heterocycles. The number of aliphatic hydroxyl groups excluding tert-OH is 1. The van der Waals surface area contributed by atoms with Gasteiger partial charge in [-0.3, -0.25) is 4.79 Å². The maximum Gasteiger partial charge on any atom is 0.248 e. The molecule has 3 N–H and O–H groups in total. The first-order valence-corrected chi connectivity index (χ1v) is 6.36. The molecule has 2 rings (SSSR count). The Bertz CT molecular complexity index is 596. The van der Waals surface area contributed by atoms with Crippen LogP contribution in [0.4, 0.5) is 0 Å². The van der Waals surface area contributed by atoms with Crippen molar-refractivity contribution in [3.05, 3.63) is 58.1 Å². The lowest BCUT2D eigenvalue weighted by molar-refractivity contribution is 0.100. The number of nitrogens with two attached hydrogens (primary N) is 1. The van der Waals surface area contributed by atoms with Crippen LogP contribution in [0.1, 0.15) is 15.9 Å². The van der Waals surface area contributed by atoms with E-state index in [0.717, 1.165) is 10.0 Å². The normalized spacial score (nSPS) is 10.2. The van der Waals surface area contributed by atoms with Crippen LogP contribution in [-0.2, 0) is 6.61 Å². The highest BCUT2D eigenvalue weighted by Gasteiger charge is 2.04. The van der Waals surface area contributed by atoms with Crippen LogP contribution in [0.5, 0.6) is 11.5 Å². The van der Waals surface area contributed by atoms with Gasteiger partial charge in [0.1, 0.15) is 11.5 Å². The second-order valence-corrected chi connectivity index (χ2v) is 4.76. The summed E-state index contributed by atoms with van der Waals surface area (Å²) in [5, 5.41) is 9.17. The average molecular weight is 322 g/mol. The first-order valence-electron chi connectivity index (χ1n) is 5.57. The van der Waals surface area contributed by atoms with Crippen molar-refractivity contribution in [1.82, 2.24) is 0 Å². The number of ether oxygens (including phenoxy) is 1. The van der Waals surface area contributed by atoms with E-state index in [1.54, 1.807) is 42.5 Å². The van der Waals surface area contributed by atoms with Gasteiger partial charge >= 0.3 is 0 Å². The monoisotopic (exact) mass is 321 g/mol. The quantitative estimate of drug-likeness (QED) is 0.909. The van der Waals surface area contributed by atoms with Gasteiger partial charge in [0, 0.05) is 10.0 Å². The Balaban J connectivity index is 2.19. The molecule has 0 radical (unpaired) electrons. The fourth-order valence-corrected chi connectivity index (χ4v) is 1.93. The summed E-state index contributed by atoms with van der Waals surface area (Å²) < 4.78 is 6.45. The standard InChI is InChI=1S/C14H12BrNO3/c15-13-6-5-12(7-10(13)8-17)19-11-3-1-9(2-4-11)14(16)18/h1-7,17H,8H2,(H2,16,18). The third-order valence-corrected chi connectivity index (χ3v) is 3.34. The van der Waals surface area contributed by atoms with E-state index in [-0.39, 0.29) is 6.61 Å². The maximum absolute atomic E-state index is 10.9. The van der Waals surface area contributed by atoms with Crippen LogP contribution < -0.4 is 10.5 Å². The zero-order valence-electron chi connectivity index (χ0n) is 9.97. The minimum Gasteiger partial charge on any atom is -0.457 e. The van der Waals surface area contributed by atoms with Gasteiger partial charge in [-0.1, -0.05) is 15.9 Å². The first-order chi connectivity index (χ1) is 9.10. The molecule has 0 aliphatic rings. The SMILES string of the molecule is NC(=O)c1ccc(Oc2ccc(Br)c(CO)c2)cc1. The molecule has 0 aliphatic carbocycles. The van der Waals surface area contributed by atoms with E-state index in [1.807, 2.05) is 0 Å². The van der Waals surface area contributed by atoms with E-state index in [9.17, 15) is 4.79 Å². The molecule has 0 spiro atoms. The summed E-state index contributed by atoms with van der Waals surface area (Å²) in [6, 6.07) is 11.9. The molecule has 2 aromatic carbocycles. The molecule has 0 bridgehead atoms. The highest BCUT2D eigenvalue weighted by molar-refractivity contribution is 9.10. The summed E-state index contributed by atoms with van der Waals surface area (Å²) in [5.41, 5.74) is 6.33. The van der Waals surface area contributed by atoms with Crippen molar-refractivity contribution in [2.45, 2.75) is 6.61 Å². The Labute approximate surface area is 118 Å². The van der Waals surface area contributed by atoms with Gasteiger partial charge in [0.25, 0.3) is 0 Å². The van der Waals surface area contributed by atoms with E-state index in [2.05, 4.69) is 15.9 Å². The van der Waals surface area contributed by atoms with Crippen molar-refractivity contribution in [2.75, 3.05) is 0 Å². The summed E-state index contributed by atoms with van der Waals surface area (Å²) >= 11 is 3.33. The van der Waals surface area contributed by atoms with Crippen molar-refractivity contribution in [2.24, 2.45) is 5.73 Å². The number of halogens is 1. The largest absolute Gasteiger partial charge is 0.457 e. The Kier molecular flexibility index (Phi) is 4.19. The van der Waals surface area contributed by atoms with Crippen LogP contribution in [0.15, 0.2) is 46.9 Å². The molecule has 0 unspecified atom stereocenters. The fourth-order valence-electron chi connectivity index (χ4n) is 1.56. The number of aliphatic hydroxyl groups is 1. The second kappa shape index (κ2) is 5.86. The van der Waals surface area contributed by atoms with Crippen LogP contribution >= 0.6 is 15.9 Å². The summed E-state index contributed by atoms with van der Waals surface area (Å²) in [6.45, 7) is -0.0710. The molecular formula is C14H12BrNO3. The molecular weight excluding hydrogens is 310 g/mol. The lowest BCUT2D eigenvalue weighted by Crippen LogP contribution is -2.10. The average Bonchev–Trinajstić information content (AvgIpc) is 2.41. The molecule has 0 heterocycles. The third kappa shape index (κ3) is 3.33. The van der Waals surface area contributed by atoms with E-state index in [4.69, 9.17) is 15.6 Å². The lowest BCUT2D eigenvalue weighted by Gasteiger charge is -2.08. The molecule has 19 heavy (non-hydrogen) atoms. The number of rotatable bonds is 4. The fraction of sp³-hybridized carbons (Fsp3) is 0.0714. The van der Waals surface area contributed by atoms with Crippen LogP contribution in [0, 0.1) is 0 Å². The van der Waals surface area contributed by atoms with E-state index < -0.39 is 5.91 Å². The van der Waals surface area contributed by atoms with E-state index >= 15 is 0 Å². The molecule has 0 saturated heterocycles. The first kappa shape index (κ1) is 13.6. The number of carbonyl (C=O) groups excluding carboxylic acids is 1. The summed E-state index contributed by atoms with van der Waals surface area (Å²) in [4.78, 5) is 10.9. The van der Waals surface area contributed by atoms with Crippen molar-refractivity contribution in [3.8, 4) is 11.5 Å². The van der Waals surface area contributed by atoms with Crippen LogP contribution in [0.2, 0.25) is 0 Å². The highest BCUT2D eigenvalue weighted by Crippen LogP contribution is 2.26. The summed E-state index contributed by atoms with van der Waals surface area (Å²) in [7, 11) is 0. The Morgan fingerprint density at radius 2 is 1.79 bits per heavy atom. The van der Waals surface area contributed by atoms with Crippen LogP contribution in [-0.4, -0.2) is 11.0 Å². The van der Waals surface area contributed by atoms with Crippen molar-refractivity contribution in [3.63, 3.8) is 0 Å². The number of benzene rings is 2. The van der Waals surface area contributed by atoms with Gasteiger partial charge in [-0.25, -0.2) is 0 Å². The van der Waals surface area contributed by atoms with Gasteiger partial charge in [0.15, 0.2) is 0 Å². The van der Waals surface area contributed by atoms with E-state index in [1.165, 1.54) is 0 Å².